The number of benzene rings is 1. The minimum absolute atomic E-state index is 0.0428. The van der Waals surface area contributed by atoms with E-state index in [0.29, 0.717) is 0 Å². The van der Waals surface area contributed by atoms with Gasteiger partial charge in [0.25, 0.3) is 0 Å². The van der Waals surface area contributed by atoms with Crippen LogP contribution in [0.1, 0.15) is 20.8 Å². The van der Waals surface area contributed by atoms with E-state index in [1.54, 1.807) is 12.1 Å². The number of nitrogens with one attached hydrogen (secondary N) is 1. The van der Waals surface area contributed by atoms with E-state index in [9.17, 15) is 8.42 Å². The number of nitrogen functional groups attached to an aromatic ring is 1. The van der Waals surface area contributed by atoms with Crippen molar-refractivity contribution in [3.05, 3.63) is 18.2 Å². The Morgan fingerprint density at radius 1 is 1.29 bits per heavy atom. The number of hydrogen-bond acceptors (Lipinski definition) is 4. The van der Waals surface area contributed by atoms with Crippen LogP contribution in [0.25, 0.3) is 0 Å². The summed E-state index contributed by atoms with van der Waals surface area (Å²) in [6.45, 7) is 7.06. The average Bonchev–Trinajstić information content (AvgIpc) is 2.11. The molecule has 0 aliphatic rings. The highest BCUT2D eigenvalue weighted by Crippen LogP contribution is 2.22. The molecule has 0 unspecified atom stereocenters. The van der Waals surface area contributed by atoms with Gasteiger partial charge in [-0.1, -0.05) is 20.8 Å². The smallest absolute Gasteiger partial charge is 0.240 e. The van der Waals surface area contributed by atoms with Gasteiger partial charge < -0.3 is 11.1 Å². The lowest BCUT2D eigenvalue weighted by molar-refractivity contribution is 0.443. The predicted molar refractivity (Wildman–Crippen MR) is 70.2 cm³/mol. The highest BCUT2D eigenvalue weighted by Gasteiger charge is 2.13. The van der Waals surface area contributed by atoms with Crippen LogP contribution in [0.15, 0.2) is 23.1 Å². The van der Waals surface area contributed by atoms with Crippen molar-refractivity contribution in [3.8, 4) is 0 Å². The summed E-state index contributed by atoms with van der Waals surface area (Å²) >= 11 is 0. The first-order chi connectivity index (χ1) is 7.59. The molecule has 1 aromatic carbocycles. The normalized spacial score (nSPS) is 12.5. The molecule has 0 fully saturated rings. The zero-order valence-electron chi connectivity index (χ0n) is 10.3. The van der Waals surface area contributed by atoms with Gasteiger partial charge >= 0.3 is 0 Å². The highest BCUT2D eigenvalue weighted by atomic mass is 32.2. The average molecular weight is 257 g/mol. The maximum atomic E-state index is 11.2. The number of primary sulfonamides is 1. The third-order valence-corrected chi connectivity index (χ3v) is 3.12. The molecule has 0 aliphatic carbocycles. The van der Waals surface area contributed by atoms with E-state index in [1.807, 2.05) is 0 Å². The molecule has 5 nitrogen and oxygen atoms in total. The van der Waals surface area contributed by atoms with Crippen molar-refractivity contribution in [2.24, 2.45) is 10.6 Å². The molecule has 17 heavy (non-hydrogen) atoms. The molecule has 0 spiro atoms. The highest BCUT2D eigenvalue weighted by molar-refractivity contribution is 7.89. The summed E-state index contributed by atoms with van der Waals surface area (Å²) in [4.78, 5) is -0.0428. The monoisotopic (exact) mass is 257 g/mol. The minimum Gasteiger partial charge on any atom is -0.398 e. The first-order valence-electron chi connectivity index (χ1n) is 5.26. The number of anilines is 2. The lowest BCUT2D eigenvalue weighted by Crippen LogP contribution is -2.19. The zero-order valence-corrected chi connectivity index (χ0v) is 11.1. The van der Waals surface area contributed by atoms with Gasteiger partial charge in [-0.05, 0) is 23.6 Å². The Kier molecular flexibility index (Phi) is 3.68. The third-order valence-electron chi connectivity index (χ3n) is 2.14. The van der Waals surface area contributed by atoms with Crippen LogP contribution >= 0.6 is 0 Å². The van der Waals surface area contributed by atoms with Gasteiger partial charge in [-0.25, -0.2) is 13.6 Å². The number of hydrogen-bond donors (Lipinski definition) is 3. The van der Waals surface area contributed by atoms with Crippen LogP contribution < -0.4 is 16.2 Å². The molecule has 0 amide bonds. The summed E-state index contributed by atoms with van der Waals surface area (Å²) in [6.07, 6.45) is 0. The van der Waals surface area contributed by atoms with E-state index in [1.165, 1.54) is 6.07 Å². The maximum Gasteiger partial charge on any atom is 0.240 e. The summed E-state index contributed by atoms with van der Waals surface area (Å²) in [5, 5.41) is 8.21. The van der Waals surface area contributed by atoms with Crippen molar-refractivity contribution in [3.63, 3.8) is 0 Å². The SMILES string of the molecule is CC(C)(C)CNc1ccc(S(N)(=O)=O)c(N)c1. The molecule has 1 aromatic rings. The van der Waals surface area contributed by atoms with E-state index >= 15 is 0 Å². The molecule has 5 N–H and O–H groups in total. The topological polar surface area (TPSA) is 98.2 Å². The lowest BCUT2D eigenvalue weighted by atomic mass is 9.97. The Bertz CT molecular complexity index is 504. The molecule has 0 aromatic heterocycles. The van der Waals surface area contributed by atoms with Crippen LogP contribution in [0, 0.1) is 5.41 Å². The van der Waals surface area contributed by atoms with Crippen LogP contribution in [-0.4, -0.2) is 15.0 Å². The van der Waals surface area contributed by atoms with E-state index in [4.69, 9.17) is 10.9 Å². The van der Waals surface area contributed by atoms with Gasteiger partial charge in [-0.2, -0.15) is 0 Å². The predicted octanol–water partition coefficient (Wildman–Crippen LogP) is 1.37. The van der Waals surface area contributed by atoms with Crippen molar-refractivity contribution < 1.29 is 8.42 Å². The number of sulfonamides is 1. The fraction of sp³-hybridized carbons (Fsp3) is 0.455. The molecule has 6 heteroatoms. The summed E-state index contributed by atoms with van der Waals surface area (Å²) in [5.74, 6) is 0. The first kappa shape index (κ1) is 13.8. The van der Waals surface area contributed by atoms with Gasteiger partial charge in [0, 0.05) is 12.2 Å². The molecule has 0 saturated heterocycles. The van der Waals surface area contributed by atoms with Gasteiger partial charge in [0.05, 0.1) is 5.69 Å². The van der Waals surface area contributed by atoms with E-state index in [0.717, 1.165) is 12.2 Å². The Morgan fingerprint density at radius 2 is 1.88 bits per heavy atom. The van der Waals surface area contributed by atoms with Crippen molar-refractivity contribution >= 4 is 21.4 Å². The number of nitrogens with two attached hydrogens (primary N) is 2. The second kappa shape index (κ2) is 4.54. The lowest BCUT2D eigenvalue weighted by Gasteiger charge is -2.20. The van der Waals surface area contributed by atoms with Crippen LogP contribution in [0.4, 0.5) is 11.4 Å². The van der Waals surface area contributed by atoms with E-state index in [2.05, 4.69) is 26.1 Å². The molecular formula is C11H19N3O2S. The largest absolute Gasteiger partial charge is 0.398 e. The quantitative estimate of drug-likeness (QED) is 0.712. The van der Waals surface area contributed by atoms with Crippen molar-refractivity contribution in [2.75, 3.05) is 17.6 Å². The van der Waals surface area contributed by atoms with Crippen LogP contribution in [0.3, 0.4) is 0 Å². The van der Waals surface area contributed by atoms with Gasteiger partial charge in [0.15, 0.2) is 0 Å². The van der Waals surface area contributed by atoms with Crippen LogP contribution in [0.5, 0.6) is 0 Å². The van der Waals surface area contributed by atoms with Gasteiger partial charge in [-0.15, -0.1) is 0 Å². The van der Waals surface area contributed by atoms with Gasteiger partial charge in [-0.3, -0.25) is 0 Å². The second-order valence-electron chi connectivity index (χ2n) is 5.21. The van der Waals surface area contributed by atoms with Crippen molar-refractivity contribution in [1.29, 1.82) is 0 Å². The minimum atomic E-state index is -3.75. The standard InChI is InChI=1S/C11H19N3O2S/c1-11(2,3)7-14-8-4-5-10(9(12)6-8)17(13,15)16/h4-6,14H,7,12H2,1-3H3,(H2,13,15,16). The van der Waals surface area contributed by atoms with Crippen molar-refractivity contribution in [2.45, 2.75) is 25.7 Å². The molecule has 1 rings (SSSR count). The molecule has 0 heterocycles. The van der Waals surface area contributed by atoms with Crippen LogP contribution in [-0.2, 0) is 10.0 Å². The van der Waals surface area contributed by atoms with Crippen molar-refractivity contribution in [1.82, 2.24) is 0 Å². The maximum absolute atomic E-state index is 11.2. The van der Waals surface area contributed by atoms with Crippen LogP contribution in [0.2, 0.25) is 0 Å². The fourth-order valence-electron chi connectivity index (χ4n) is 1.28. The first-order valence-corrected chi connectivity index (χ1v) is 6.80. The Labute approximate surface area is 102 Å². The summed E-state index contributed by atoms with van der Waals surface area (Å²) in [5.41, 5.74) is 6.72. The molecule has 0 aliphatic heterocycles. The van der Waals surface area contributed by atoms with Gasteiger partial charge in [0.2, 0.25) is 10.0 Å². The second-order valence-corrected chi connectivity index (χ2v) is 6.74. The zero-order chi connectivity index (χ0) is 13.3. The third kappa shape index (κ3) is 4.24. The molecule has 0 radical (unpaired) electrons. The summed E-state index contributed by atoms with van der Waals surface area (Å²) in [6, 6.07) is 4.64. The van der Waals surface area contributed by atoms with E-state index < -0.39 is 10.0 Å². The Hall–Kier alpha value is -1.27. The fourth-order valence-corrected chi connectivity index (χ4v) is 1.93. The van der Waals surface area contributed by atoms with Gasteiger partial charge in [0.1, 0.15) is 4.90 Å². The molecule has 0 bridgehead atoms. The van der Waals surface area contributed by atoms with E-state index in [-0.39, 0.29) is 16.0 Å². The molecular weight excluding hydrogens is 238 g/mol. The summed E-state index contributed by atoms with van der Waals surface area (Å²) in [7, 11) is -3.75. The Morgan fingerprint density at radius 3 is 2.29 bits per heavy atom. The summed E-state index contributed by atoms with van der Waals surface area (Å²) < 4.78 is 22.3. The number of rotatable bonds is 3. The molecule has 96 valence electrons. The molecule has 0 saturated carbocycles. The molecule has 0 atom stereocenters. The Balaban J connectivity index is 2.91.